The number of benzene rings is 2. The van der Waals surface area contributed by atoms with Crippen molar-refractivity contribution in [3.63, 3.8) is 0 Å². The first-order valence-electron chi connectivity index (χ1n) is 9.50. The van der Waals surface area contributed by atoms with Crippen LogP contribution in [0.4, 0.5) is 5.69 Å². The highest BCUT2D eigenvalue weighted by molar-refractivity contribution is 6.33. The van der Waals surface area contributed by atoms with E-state index < -0.39 is 0 Å². The van der Waals surface area contributed by atoms with Gasteiger partial charge in [-0.1, -0.05) is 59.6 Å². The number of ether oxygens (including phenoxy) is 1. The average molecular weight is 430 g/mol. The smallest absolute Gasteiger partial charge is 0.292 e. The monoisotopic (exact) mass is 429 g/mol. The van der Waals surface area contributed by atoms with E-state index in [1.54, 1.807) is 18.3 Å². The molecular formula is C22H21Cl2N3O2. The molecule has 0 radical (unpaired) electrons. The molecule has 0 spiro atoms. The Balaban J connectivity index is 1.54. The van der Waals surface area contributed by atoms with Crippen LogP contribution in [0.5, 0.6) is 0 Å². The molecule has 1 aliphatic heterocycles. The van der Waals surface area contributed by atoms with Crippen LogP contribution in [-0.2, 0) is 4.74 Å². The number of rotatable bonds is 4. The van der Waals surface area contributed by atoms with Crippen LogP contribution in [-0.4, -0.2) is 22.4 Å². The fraction of sp³-hybridized carbons (Fsp3) is 0.273. The lowest BCUT2D eigenvalue weighted by Crippen LogP contribution is -2.31. The summed E-state index contributed by atoms with van der Waals surface area (Å²) in [5, 5.41) is 8.35. The predicted molar refractivity (Wildman–Crippen MR) is 116 cm³/mol. The van der Waals surface area contributed by atoms with Crippen LogP contribution in [0.15, 0.2) is 59.5 Å². The SMILES string of the molecule is Cc1ccc(-n2ncc(NC3CCOC(c4ccccc4)C3)c(Cl)c2=O)cc1Cl. The van der Waals surface area contributed by atoms with Gasteiger partial charge in [-0.15, -0.1) is 0 Å². The molecule has 1 fully saturated rings. The quantitative estimate of drug-likeness (QED) is 0.620. The highest BCUT2D eigenvalue weighted by atomic mass is 35.5. The van der Waals surface area contributed by atoms with Crippen molar-refractivity contribution >= 4 is 28.9 Å². The van der Waals surface area contributed by atoms with E-state index in [1.165, 1.54) is 4.68 Å². The van der Waals surface area contributed by atoms with Crippen LogP contribution in [0.1, 0.15) is 30.1 Å². The van der Waals surface area contributed by atoms with Crippen LogP contribution in [0, 0.1) is 6.92 Å². The Morgan fingerprint density at radius 3 is 2.72 bits per heavy atom. The lowest BCUT2D eigenvalue weighted by atomic mass is 9.97. The summed E-state index contributed by atoms with van der Waals surface area (Å²) in [6.07, 6.45) is 3.22. The van der Waals surface area contributed by atoms with Crippen molar-refractivity contribution in [3.8, 4) is 5.69 Å². The molecule has 2 atom stereocenters. The van der Waals surface area contributed by atoms with Gasteiger partial charge in [0.05, 0.1) is 23.7 Å². The van der Waals surface area contributed by atoms with Crippen molar-refractivity contribution in [2.24, 2.45) is 0 Å². The van der Waals surface area contributed by atoms with Gasteiger partial charge >= 0.3 is 0 Å². The van der Waals surface area contributed by atoms with E-state index in [1.807, 2.05) is 31.2 Å². The number of hydrogen-bond acceptors (Lipinski definition) is 4. The normalized spacial score (nSPS) is 19.1. The van der Waals surface area contributed by atoms with Crippen LogP contribution in [0.2, 0.25) is 10.0 Å². The second-order valence-electron chi connectivity index (χ2n) is 7.16. The zero-order chi connectivity index (χ0) is 20.4. The van der Waals surface area contributed by atoms with Crippen molar-refractivity contribution in [2.75, 3.05) is 11.9 Å². The van der Waals surface area contributed by atoms with E-state index in [2.05, 4.69) is 22.5 Å². The van der Waals surface area contributed by atoms with Crippen LogP contribution < -0.4 is 10.9 Å². The van der Waals surface area contributed by atoms with E-state index in [0.29, 0.717) is 23.0 Å². The van der Waals surface area contributed by atoms with Gasteiger partial charge in [-0.3, -0.25) is 4.79 Å². The number of aryl methyl sites for hydroxylation is 1. The third kappa shape index (κ3) is 4.32. The maximum Gasteiger partial charge on any atom is 0.292 e. The van der Waals surface area contributed by atoms with Gasteiger partial charge in [0.1, 0.15) is 5.02 Å². The van der Waals surface area contributed by atoms with Crippen molar-refractivity contribution in [2.45, 2.75) is 31.9 Å². The average Bonchev–Trinajstić information content (AvgIpc) is 2.75. The minimum Gasteiger partial charge on any atom is -0.379 e. The van der Waals surface area contributed by atoms with Crippen LogP contribution in [0.3, 0.4) is 0 Å². The molecule has 1 aromatic heterocycles. The zero-order valence-electron chi connectivity index (χ0n) is 15.9. The molecule has 0 amide bonds. The summed E-state index contributed by atoms with van der Waals surface area (Å²) in [4.78, 5) is 12.8. The number of hydrogen-bond donors (Lipinski definition) is 1. The molecule has 0 aliphatic carbocycles. The predicted octanol–water partition coefficient (Wildman–Crippen LogP) is 5.18. The lowest BCUT2D eigenvalue weighted by Gasteiger charge is -2.31. The van der Waals surface area contributed by atoms with Gasteiger partial charge in [0.15, 0.2) is 0 Å². The second-order valence-corrected chi connectivity index (χ2v) is 7.94. The van der Waals surface area contributed by atoms with E-state index >= 15 is 0 Å². The summed E-state index contributed by atoms with van der Waals surface area (Å²) in [7, 11) is 0. The van der Waals surface area contributed by atoms with Crippen molar-refractivity contribution in [3.05, 3.63) is 86.3 Å². The van der Waals surface area contributed by atoms with Gasteiger partial charge in [-0.2, -0.15) is 9.78 Å². The Kier molecular flexibility index (Phi) is 5.90. The molecule has 1 saturated heterocycles. The summed E-state index contributed by atoms with van der Waals surface area (Å²) < 4.78 is 7.18. The third-order valence-electron chi connectivity index (χ3n) is 5.13. The van der Waals surface area contributed by atoms with Crippen LogP contribution >= 0.6 is 23.2 Å². The Bertz CT molecular complexity index is 1070. The molecule has 2 heterocycles. The molecule has 29 heavy (non-hydrogen) atoms. The minimum atomic E-state index is -0.386. The van der Waals surface area contributed by atoms with E-state index in [9.17, 15) is 4.79 Å². The molecule has 4 rings (SSSR count). The molecule has 0 bridgehead atoms. The highest BCUT2D eigenvalue weighted by Gasteiger charge is 2.25. The largest absolute Gasteiger partial charge is 0.379 e. The molecule has 150 valence electrons. The van der Waals surface area contributed by atoms with Crippen molar-refractivity contribution in [1.29, 1.82) is 0 Å². The Morgan fingerprint density at radius 1 is 1.17 bits per heavy atom. The molecule has 2 unspecified atom stereocenters. The van der Waals surface area contributed by atoms with E-state index in [4.69, 9.17) is 27.9 Å². The van der Waals surface area contributed by atoms with Gasteiger partial charge < -0.3 is 10.1 Å². The van der Waals surface area contributed by atoms with Gasteiger partial charge in [0.25, 0.3) is 5.56 Å². The summed E-state index contributed by atoms with van der Waals surface area (Å²) in [5.74, 6) is 0. The highest BCUT2D eigenvalue weighted by Crippen LogP contribution is 2.30. The first kappa shape index (κ1) is 20.0. The minimum absolute atomic E-state index is 0.0178. The van der Waals surface area contributed by atoms with E-state index in [-0.39, 0.29) is 22.7 Å². The Morgan fingerprint density at radius 2 is 1.97 bits per heavy atom. The lowest BCUT2D eigenvalue weighted by molar-refractivity contribution is 0.00979. The van der Waals surface area contributed by atoms with Gasteiger partial charge in [0, 0.05) is 17.7 Å². The summed E-state index contributed by atoms with van der Waals surface area (Å²) in [5.41, 5.74) is 2.80. The van der Waals surface area contributed by atoms with Crippen LogP contribution in [0.25, 0.3) is 5.69 Å². The first-order chi connectivity index (χ1) is 14.0. The molecular weight excluding hydrogens is 409 g/mol. The molecule has 0 saturated carbocycles. The van der Waals surface area contributed by atoms with Crippen molar-refractivity contribution in [1.82, 2.24) is 9.78 Å². The molecule has 7 heteroatoms. The van der Waals surface area contributed by atoms with Gasteiger partial charge in [0.2, 0.25) is 0 Å². The number of anilines is 1. The molecule has 5 nitrogen and oxygen atoms in total. The topological polar surface area (TPSA) is 56.1 Å². The zero-order valence-corrected chi connectivity index (χ0v) is 17.5. The molecule has 2 aromatic carbocycles. The third-order valence-corrected chi connectivity index (χ3v) is 5.91. The Hall–Kier alpha value is -2.34. The van der Waals surface area contributed by atoms with Gasteiger partial charge in [-0.25, -0.2) is 0 Å². The number of halogens is 2. The second kappa shape index (κ2) is 8.57. The number of nitrogens with one attached hydrogen (secondary N) is 1. The number of nitrogens with zero attached hydrogens (tertiary/aromatic N) is 2. The fourth-order valence-electron chi connectivity index (χ4n) is 3.48. The Labute approximate surface area is 179 Å². The van der Waals surface area contributed by atoms with E-state index in [0.717, 1.165) is 24.0 Å². The standard InChI is InChI=1S/C22H21Cl2N3O2/c1-14-7-8-17(12-18(14)23)27-22(28)21(24)19(13-25-27)26-16-9-10-29-20(11-16)15-5-3-2-4-6-15/h2-8,12-13,16,20,26H,9-11H2,1H3. The van der Waals surface area contributed by atoms with Crippen molar-refractivity contribution < 1.29 is 4.74 Å². The molecule has 1 aliphatic rings. The van der Waals surface area contributed by atoms with Gasteiger partial charge in [-0.05, 0) is 43.0 Å². The summed E-state index contributed by atoms with van der Waals surface area (Å²) in [6.45, 7) is 2.54. The fourth-order valence-corrected chi connectivity index (χ4v) is 3.84. The molecule has 1 N–H and O–H groups in total. The first-order valence-corrected chi connectivity index (χ1v) is 10.3. The maximum absolute atomic E-state index is 12.8. The maximum atomic E-state index is 12.8. The summed E-state index contributed by atoms with van der Waals surface area (Å²) in [6, 6.07) is 15.6. The number of aromatic nitrogens is 2. The summed E-state index contributed by atoms with van der Waals surface area (Å²) >= 11 is 12.6. The molecule has 3 aromatic rings.